The van der Waals surface area contributed by atoms with Crippen molar-refractivity contribution in [3.8, 4) is 5.75 Å². The summed E-state index contributed by atoms with van der Waals surface area (Å²) in [7, 11) is 0. The van der Waals surface area contributed by atoms with Gasteiger partial charge in [0.2, 0.25) is 0 Å². The van der Waals surface area contributed by atoms with Gasteiger partial charge >= 0.3 is 0 Å². The van der Waals surface area contributed by atoms with Crippen LogP contribution in [0, 0.1) is 6.92 Å². The van der Waals surface area contributed by atoms with Gasteiger partial charge in [-0.1, -0.05) is 24.3 Å². The lowest BCUT2D eigenvalue weighted by Gasteiger charge is -2.18. The molecule has 0 aliphatic heterocycles. The zero-order chi connectivity index (χ0) is 32.4. The quantitative estimate of drug-likeness (QED) is 0.102. The number of aliphatic hydroxyl groups is 5. The summed E-state index contributed by atoms with van der Waals surface area (Å²) in [5, 5.41) is 63.5. The van der Waals surface area contributed by atoms with Crippen molar-refractivity contribution >= 4 is 0 Å². The van der Waals surface area contributed by atoms with Crippen LogP contribution in [-0.2, 0) is 26.1 Å². The molecule has 46 heavy (non-hydrogen) atoms. The Morgan fingerprint density at radius 1 is 0.543 bits per heavy atom. The number of aromatic hydroxyl groups is 1. The van der Waals surface area contributed by atoms with Crippen LogP contribution in [-0.4, -0.2) is 30.6 Å². The van der Waals surface area contributed by atoms with Crippen LogP contribution in [0.5, 0.6) is 5.75 Å². The summed E-state index contributed by atoms with van der Waals surface area (Å²) in [6.07, 6.45) is -3.12. The third-order valence-corrected chi connectivity index (χ3v) is 7.80. The molecule has 0 amide bonds. The van der Waals surface area contributed by atoms with Crippen LogP contribution < -0.4 is 0 Å². The lowest BCUT2D eigenvalue weighted by Crippen LogP contribution is -2.06. The van der Waals surface area contributed by atoms with Crippen molar-refractivity contribution in [2.24, 2.45) is 0 Å². The maximum atomic E-state index is 11.2. The van der Waals surface area contributed by atoms with Gasteiger partial charge in [0.15, 0.2) is 0 Å². The van der Waals surface area contributed by atoms with Crippen LogP contribution in [0.3, 0.4) is 0 Å². The molecule has 6 N–H and O–H groups in total. The molecule has 0 aliphatic carbocycles. The van der Waals surface area contributed by atoms with E-state index in [9.17, 15) is 30.6 Å². The first-order valence-corrected chi connectivity index (χ1v) is 14.7. The third-order valence-electron chi connectivity index (χ3n) is 7.80. The molecular formula is C36H34O10. The fourth-order valence-electron chi connectivity index (χ4n) is 5.48. The molecular weight excluding hydrogens is 592 g/mol. The number of aliphatic hydroxyl groups excluding tert-OH is 5. The number of rotatable bonds is 12. The fourth-order valence-corrected chi connectivity index (χ4v) is 5.48. The topological polar surface area (TPSA) is 174 Å². The van der Waals surface area contributed by atoms with Gasteiger partial charge in [-0.2, -0.15) is 0 Å². The maximum absolute atomic E-state index is 11.2. The van der Waals surface area contributed by atoms with Gasteiger partial charge in [0, 0.05) is 24.0 Å². The summed E-state index contributed by atoms with van der Waals surface area (Å²) in [5.74, 6) is 2.75. The van der Waals surface area contributed by atoms with E-state index < -0.39 is 18.3 Å². The largest absolute Gasteiger partial charge is 0.507 e. The van der Waals surface area contributed by atoms with E-state index in [1.165, 1.54) is 24.3 Å². The molecule has 6 rings (SSSR count). The van der Waals surface area contributed by atoms with Crippen molar-refractivity contribution in [3.05, 3.63) is 159 Å². The van der Waals surface area contributed by atoms with Crippen molar-refractivity contribution in [1.29, 1.82) is 0 Å². The first-order valence-electron chi connectivity index (χ1n) is 14.7. The van der Waals surface area contributed by atoms with E-state index in [1.54, 1.807) is 24.3 Å². The summed E-state index contributed by atoms with van der Waals surface area (Å²) in [4.78, 5) is 0. The van der Waals surface area contributed by atoms with Crippen LogP contribution >= 0.6 is 0 Å². The Labute approximate surface area is 264 Å². The van der Waals surface area contributed by atoms with E-state index in [0.29, 0.717) is 29.1 Å². The van der Waals surface area contributed by atoms with Gasteiger partial charge in [0.25, 0.3) is 0 Å². The molecule has 238 valence electrons. The van der Waals surface area contributed by atoms with E-state index in [1.807, 2.05) is 43.3 Å². The van der Waals surface area contributed by atoms with Gasteiger partial charge in [-0.3, -0.25) is 0 Å². The minimum absolute atomic E-state index is 0.0507. The highest BCUT2D eigenvalue weighted by atomic mass is 16.4. The first-order chi connectivity index (χ1) is 22.2. The summed E-state index contributed by atoms with van der Waals surface area (Å²) >= 11 is 0. The fraction of sp³-hybridized carbons (Fsp3) is 0.222. The second-order valence-corrected chi connectivity index (χ2v) is 11.2. The number of phenols is 1. The standard InChI is InChI=1S/C36H34O10/c1-20-5-6-24(43-20)14-21-3-2-4-23(13-21)33(39)30-10-7-25(44-30)15-22-16-28(35(41)31-11-8-26(18-37)45-31)34(40)29(17-22)36(42)32-12-9-27(19-38)46-32/h2-13,16-17,33,35-42H,14-15,18-19H2,1H3. The van der Waals surface area contributed by atoms with E-state index in [-0.39, 0.29) is 59.6 Å². The van der Waals surface area contributed by atoms with Gasteiger partial charge < -0.3 is 48.3 Å². The lowest BCUT2D eigenvalue weighted by molar-refractivity contribution is 0.165. The molecule has 0 radical (unpaired) electrons. The first kappa shape index (κ1) is 31.2. The Morgan fingerprint density at radius 2 is 1.04 bits per heavy atom. The summed E-state index contributed by atoms with van der Waals surface area (Å²) in [5.41, 5.74) is 2.30. The molecule has 3 unspecified atom stereocenters. The Morgan fingerprint density at radius 3 is 1.59 bits per heavy atom. The zero-order valence-corrected chi connectivity index (χ0v) is 25.0. The Hall–Kier alpha value is -4.84. The van der Waals surface area contributed by atoms with Gasteiger partial charge in [-0.05, 0) is 84.3 Å². The number of aryl methyl sites for hydroxylation is 1. The summed E-state index contributed by atoms with van der Waals surface area (Å²) in [6.45, 7) is 1.16. The molecule has 3 atom stereocenters. The van der Waals surface area contributed by atoms with Crippen molar-refractivity contribution in [3.63, 3.8) is 0 Å². The Kier molecular flexibility index (Phi) is 8.98. The zero-order valence-electron chi connectivity index (χ0n) is 25.0. The lowest BCUT2D eigenvalue weighted by atomic mass is 9.94. The van der Waals surface area contributed by atoms with Crippen molar-refractivity contribution < 1.29 is 48.3 Å². The number of benzene rings is 2. The van der Waals surface area contributed by atoms with Crippen molar-refractivity contribution in [2.75, 3.05) is 0 Å². The maximum Gasteiger partial charge on any atom is 0.140 e. The summed E-state index contributed by atoms with van der Waals surface area (Å²) < 4.78 is 22.8. The van der Waals surface area contributed by atoms with Crippen LogP contribution in [0.15, 0.2) is 103 Å². The molecule has 6 aromatic rings. The second kappa shape index (κ2) is 13.3. The van der Waals surface area contributed by atoms with E-state index in [0.717, 1.165) is 17.1 Å². The highest BCUT2D eigenvalue weighted by Crippen LogP contribution is 2.39. The van der Waals surface area contributed by atoms with Gasteiger partial charge in [-0.15, -0.1) is 0 Å². The highest BCUT2D eigenvalue weighted by Gasteiger charge is 2.27. The second-order valence-electron chi connectivity index (χ2n) is 11.2. The van der Waals surface area contributed by atoms with Crippen LogP contribution in [0.4, 0.5) is 0 Å². The van der Waals surface area contributed by atoms with Crippen molar-refractivity contribution in [1.82, 2.24) is 0 Å². The third kappa shape index (κ3) is 6.57. The normalized spacial score (nSPS) is 13.6. The molecule has 4 aromatic heterocycles. The number of hydrogen-bond donors (Lipinski definition) is 6. The predicted molar refractivity (Wildman–Crippen MR) is 164 cm³/mol. The van der Waals surface area contributed by atoms with E-state index >= 15 is 0 Å². The molecule has 10 nitrogen and oxygen atoms in total. The van der Waals surface area contributed by atoms with Crippen LogP contribution in [0.2, 0.25) is 0 Å². The smallest absolute Gasteiger partial charge is 0.140 e. The van der Waals surface area contributed by atoms with Crippen LogP contribution in [0.25, 0.3) is 0 Å². The van der Waals surface area contributed by atoms with E-state index in [2.05, 4.69) is 0 Å². The van der Waals surface area contributed by atoms with Gasteiger partial charge in [0.1, 0.15) is 83.4 Å². The average molecular weight is 627 g/mol. The molecule has 0 saturated carbocycles. The Balaban J connectivity index is 1.28. The van der Waals surface area contributed by atoms with Gasteiger partial charge in [0.05, 0.1) is 0 Å². The molecule has 0 saturated heterocycles. The number of furan rings is 4. The SMILES string of the molecule is Cc1ccc(Cc2cccc(C(O)c3ccc(Cc4cc(C(O)c5ccc(CO)o5)c(O)c(C(O)c5ccc(CO)o5)c4)o3)c2)o1. The Bertz CT molecular complexity index is 1850. The van der Waals surface area contributed by atoms with E-state index in [4.69, 9.17) is 17.7 Å². The average Bonchev–Trinajstić information content (AvgIpc) is 3.89. The molecule has 0 spiro atoms. The molecule has 10 heteroatoms. The van der Waals surface area contributed by atoms with Gasteiger partial charge in [-0.25, -0.2) is 0 Å². The molecule has 0 fully saturated rings. The highest BCUT2D eigenvalue weighted by molar-refractivity contribution is 5.50. The molecule has 4 heterocycles. The molecule has 2 aromatic carbocycles. The minimum atomic E-state index is -1.43. The predicted octanol–water partition coefficient (Wildman–Crippen LogP) is 5.48. The molecule has 0 aliphatic rings. The number of phenolic OH excluding ortho intramolecular Hbond substituents is 1. The minimum Gasteiger partial charge on any atom is -0.507 e. The molecule has 0 bridgehead atoms. The number of hydrogen-bond acceptors (Lipinski definition) is 10. The van der Waals surface area contributed by atoms with Crippen molar-refractivity contribution in [2.45, 2.75) is 51.3 Å². The summed E-state index contributed by atoms with van der Waals surface area (Å²) in [6, 6.07) is 23.9. The van der Waals surface area contributed by atoms with Crippen LogP contribution in [0.1, 0.15) is 92.2 Å². The monoisotopic (exact) mass is 626 g/mol.